The summed E-state index contributed by atoms with van der Waals surface area (Å²) in [7, 11) is 0. The Bertz CT molecular complexity index is 531. The van der Waals surface area contributed by atoms with E-state index in [9.17, 15) is 18.0 Å². The Morgan fingerprint density at radius 1 is 1.35 bits per heavy atom. The lowest BCUT2D eigenvalue weighted by atomic mass is 9.91. The maximum Gasteiger partial charge on any atom is 0.416 e. The van der Waals surface area contributed by atoms with E-state index in [1.165, 1.54) is 12.1 Å². The zero-order chi connectivity index (χ0) is 16.9. The lowest BCUT2D eigenvalue weighted by Crippen LogP contribution is -2.40. The van der Waals surface area contributed by atoms with Crippen molar-refractivity contribution in [3.05, 3.63) is 35.4 Å². The lowest BCUT2D eigenvalue weighted by Gasteiger charge is -2.33. The molecule has 0 spiro atoms. The van der Waals surface area contributed by atoms with Crippen molar-refractivity contribution >= 4 is 5.91 Å². The molecule has 1 aromatic rings. The number of nitrogens with zero attached hydrogens (tertiary/aromatic N) is 1. The largest absolute Gasteiger partial charge is 0.416 e. The van der Waals surface area contributed by atoms with Crippen LogP contribution in [-0.4, -0.2) is 30.4 Å². The highest BCUT2D eigenvalue weighted by molar-refractivity contribution is 5.76. The molecular formula is C17H23F3N2O. The summed E-state index contributed by atoms with van der Waals surface area (Å²) in [5.74, 6) is 0.427. The number of hydrogen-bond acceptors (Lipinski definition) is 2. The smallest absolute Gasteiger partial charge is 0.342 e. The quantitative estimate of drug-likeness (QED) is 0.902. The number of carbonyl (C=O) groups is 1. The van der Waals surface area contributed by atoms with E-state index in [1.54, 1.807) is 6.07 Å². The van der Waals surface area contributed by atoms with E-state index in [1.807, 2.05) is 4.90 Å². The summed E-state index contributed by atoms with van der Waals surface area (Å²) in [6.45, 7) is 1.81. The number of piperidine rings is 1. The Labute approximate surface area is 134 Å². The average Bonchev–Trinajstić information content (AvgIpc) is 2.53. The zero-order valence-electron chi connectivity index (χ0n) is 13.1. The second-order valence-corrected chi connectivity index (χ2v) is 6.12. The molecule has 1 aromatic carbocycles. The fraction of sp³-hybridized carbons (Fsp3) is 0.588. The van der Waals surface area contributed by atoms with Gasteiger partial charge in [-0.15, -0.1) is 0 Å². The standard InChI is InChI=1S/C17H23F3N2O/c18-17(19,20)15-5-1-3-13(11-15)6-7-14-4-2-10-22(12-14)16(23)8-9-21/h1,3,5,11,14H,2,4,6-10,12,21H2. The van der Waals surface area contributed by atoms with Gasteiger partial charge in [-0.3, -0.25) is 4.79 Å². The highest BCUT2D eigenvalue weighted by atomic mass is 19.4. The third kappa shape index (κ3) is 5.23. The second-order valence-electron chi connectivity index (χ2n) is 6.12. The van der Waals surface area contributed by atoms with Gasteiger partial charge in [0.2, 0.25) is 5.91 Å². The average molecular weight is 328 g/mol. The molecule has 1 aliphatic heterocycles. The Morgan fingerprint density at radius 3 is 2.83 bits per heavy atom. The first kappa shape index (κ1) is 17.8. The molecule has 1 unspecified atom stereocenters. The number of benzene rings is 1. The minimum atomic E-state index is -4.30. The first-order valence-corrected chi connectivity index (χ1v) is 8.04. The molecule has 1 amide bonds. The molecule has 0 bridgehead atoms. The predicted octanol–water partition coefficient (Wildman–Crippen LogP) is 3.23. The molecule has 0 aliphatic carbocycles. The molecule has 1 fully saturated rings. The maximum atomic E-state index is 12.7. The van der Waals surface area contributed by atoms with Crippen LogP contribution < -0.4 is 5.73 Å². The topological polar surface area (TPSA) is 46.3 Å². The van der Waals surface area contributed by atoms with Crippen LogP contribution in [0.5, 0.6) is 0 Å². The Morgan fingerprint density at radius 2 is 2.13 bits per heavy atom. The number of alkyl halides is 3. The molecule has 0 aromatic heterocycles. The van der Waals surface area contributed by atoms with Crippen LogP contribution in [0.4, 0.5) is 13.2 Å². The molecule has 128 valence electrons. The summed E-state index contributed by atoms with van der Waals surface area (Å²) in [6, 6.07) is 5.50. The summed E-state index contributed by atoms with van der Waals surface area (Å²) in [5.41, 5.74) is 5.52. The highest BCUT2D eigenvalue weighted by Gasteiger charge is 2.30. The fourth-order valence-corrected chi connectivity index (χ4v) is 3.08. The van der Waals surface area contributed by atoms with Crippen molar-refractivity contribution in [2.45, 2.75) is 38.3 Å². The van der Waals surface area contributed by atoms with Crippen LogP contribution in [-0.2, 0) is 17.4 Å². The molecule has 2 rings (SSSR count). The first-order chi connectivity index (χ1) is 10.9. The SMILES string of the molecule is NCCC(=O)N1CCCC(CCc2cccc(C(F)(F)F)c2)C1. The van der Waals surface area contributed by atoms with Gasteiger partial charge in [0.15, 0.2) is 0 Å². The van der Waals surface area contributed by atoms with Gasteiger partial charge in [0.05, 0.1) is 5.56 Å². The third-order valence-corrected chi connectivity index (χ3v) is 4.33. The highest BCUT2D eigenvalue weighted by Crippen LogP contribution is 2.30. The van der Waals surface area contributed by atoms with E-state index >= 15 is 0 Å². The summed E-state index contributed by atoms with van der Waals surface area (Å²) in [6.07, 6.45) is -0.567. The van der Waals surface area contributed by atoms with Gasteiger partial charge >= 0.3 is 6.18 Å². The van der Waals surface area contributed by atoms with Crippen LogP contribution in [0.2, 0.25) is 0 Å². The number of hydrogen-bond donors (Lipinski definition) is 1. The van der Waals surface area contributed by atoms with Gasteiger partial charge < -0.3 is 10.6 Å². The minimum Gasteiger partial charge on any atom is -0.342 e. The third-order valence-electron chi connectivity index (χ3n) is 4.33. The van der Waals surface area contributed by atoms with E-state index in [-0.39, 0.29) is 5.91 Å². The molecule has 23 heavy (non-hydrogen) atoms. The van der Waals surface area contributed by atoms with Gasteiger partial charge in [-0.2, -0.15) is 13.2 Å². The van der Waals surface area contributed by atoms with Crippen molar-refractivity contribution in [2.75, 3.05) is 19.6 Å². The van der Waals surface area contributed by atoms with Gasteiger partial charge in [0.25, 0.3) is 0 Å². The number of amides is 1. The second kappa shape index (κ2) is 7.81. The number of likely N-dealkylation sites (tertiary alicyclic amines) is 1. The normalized spacial score (nSPS) is 19.0. The first-order valence-electron chi connectivity index (χ1n) is 8.04. The molecule has 1 aliphatic rings. The zero-order valence-corrected chi connectivity index (χ0v) is 13.1. The van der Waals surface area contributed by atoms with Crippen LogP contribution >= 0.6 is 0 Å². The van der Waals surface area contributed by atoms with Crippen molar-refractivity contribution < 1.29 is 18.0 Å². The number of carbonyl (C=O) groups excluding carboxylic acids is 1. The van der Waals surface area contributed by atoms with E-state index in [0.29, 0.717) is 37.4 Å². The molecule has 6 heteroatoms. The number of rotatable bonds is 5. The molecular weight excluding hydrogens is 305 g/mol. The Kier molecular flexibility index (Phi) is 6.04. The summed E-state index contributed by atoms with van der Waals surface area (Å²) < 4.78 is 38.2. The van der Waals surface area contributed by atoms with Gasteiger partial charge in [-0.05, 0) is 43.2 Å². The number of nitrogens with two attached hydrogens (primary N) is 1. The van der Waals surface area contributed by atoms with Crippen LogP contribution in [0.3, 0.4) is 0 Å². The minimum absolute atomic E-state index is 0.0799. The van der Waals surface area contributed by atoms with Crippen molar-refractivity contribution in [1.29, 1.82) is 0 Å². The molecule has 1 atom stereocenters. The van der Waals surface area contributed by atoms with E-state index < -0.39 is 11.7 Å². The van der Waals surface area contributed by atoms with Crippen molar-refractivity contribution in [3.63, 3.8) is 0 Å². The van der Waals surface area contributed by atoms with Crippen molar-refractivity contribution in [1.82, 2.24) is 4.90 Å². The molecule has 0 radical (unpaired) electrons. The molecule has 0 saturated carbocycles. The molecule has 1 saturated heterocycles. The maximum absolute atomic E-state index is 12.7. The van der Waals surface area contributed by atoms with Crippen LogP contribution in [0.25, 0.3) is 0 Å². The summed E-state index contributed by atoms with van der Waals surface area (Å²) in [4.78, 5) is 13.7. The summed E-state index contributed by atoms with van der Waals surface area (Å²) in [5, 5.41) is 0. The number of aryl methyl sites for hydroxylation is 1. The van der Waals surface area contributed by atoms with E-state index in [4.69, 9.17) is 5.73 Å². The van der Waals surface area contributed by atoms with E-state index in [2.05, 4.69) is 0 Å². The molecule has 1 heterocycles. The number of halogens is 3. The lowest BCUT2D eigenvalue weighted by molar-refractivity contribution is -0.137. The Hall–Kier alpha value is -1.56. The van der Waals surface area contributed by atoms with Crippen molar-refractivity contribution in [2.24, 2.45) is 11.7 Å². The van der Waals surface area contributed by atoms with Crippen LogP contribution in [0, 0.1) is 5.92 Å². The van der Waals surface area contributed by atoms with Crippen LogP contribution in [0.1, 0.15) is 36.8 Å². The van der Waals surface area contributed by atoms with Crippen molar-refractivity contribution in [3.8, 4) is 0 Å². The van der Waals surface area contributed by atoms with Crippen LogP contribution in [0.15, 0.2) is 24.3 Å². The molecule has 2 N–H and O–H groups in total. The molecule has 3 nitrogen and oxygen atoms in total. The fourth-order valence-electron chi connectivity index (χ4n) is 3.08. The van der Waals surface area contributed by atoms with Gasteiger partial charge in [0.1, 0.15) is 0 Å². The monoisotopic (exact) mass is 328 g/mol. The summed E-state index contributed by atoms with van der Waals surface area (Å²) >= 11 is 0. The van der Waals surface area contributed by atoms with E-state index in [0.717, 1.165) is 31.9 Å². The predicted molar refractivity (Wildman–Crippen MR) is 82.7 cm³/mol. The Balaban J connectivity index is 1.89. The van der Waals surface area contributed by atoms with Gasteiger partial charge in [-0.25, -0.2) is 0 Å². The van der Waals surface area contributed by atoms with Gasteiger partial charge in [0, 0.05) is 26.1 Å². The van der Waals surface area contributed by atoms with Gasteiger partial charge in [-0.1, -0.05) is 18.2 Å².